The minimum absolute atomic E-state index is 0.102. The van der Waals surface area contributed by atoms with Crippen LogP contribution < -0.4 is 4.74 Å². The van der Waals surface area contributed by atoms with Crippen LogP contribution in [0.5, 0.6) is 5.75 Å². The fraction of sp³-hybridized carbons (Fsp3) is 0.312. The fourth-order valence-corrected chi connectivity index (χ4v) is 2.52. The third kappa shape index (κ3) is 3.00. The van der Waals surface area contributed by atoms with Crippen LogP contribution in [0.4, 0.5) is 5.69 Å². The van der Waals surface area contributed by atoms with Gasteiger partial charge in [0.1, 0.15) is 0 Å². The Balaban J connectivity index is 2.16. The summed E-state index contributed by atoms with van der Waals surface area (Å²) in [5.74, 6) is -0.0869. The average molecular weight is 302 g/mol. The van der Waals surface area contributed by atoms with Gasteiger partial charge >= 0.3 is 5.69 Å². The van der Waals surface area contributed by atoms with Crippen LogP contribution in [0.2, 0.25) is 0 Å². The van der Waals surface area contributed by atoms with Gasteiger partial charge in [0.25, 0.3) is 0 Å². The third-order valence-corrected chi connectivity index (χ3v) is 3.61. The van der Waals surface area contributed by atoms with Gasteiger partial charge in [-0.1, -0.05) is 12.1 Å². The summed E-state index contributed by atoms with van der Waals surface area (Å²) in [6.45, 7) is 6.40. The molecule has 116 valence electrons. The lowest BCUT2D eigenvalue weighted by Gasteiger charge is -2.07. The van der Waals surface area contributed by atoms with Gasteiger partial charge in [-0.25, -0.2) is 0 Å². The molecule has 6 heteroatoms. The molecule has 0 saturated carbocycles. The van der Waals surface area contributed by atoms with Crippen molar-refractivity contribution < 1.29 is 14.5 Å². The highest BCUT2D eigenvalue weighted by atomic mass is 16.6. The van der Waals surface area contributed by atoms with Crippen molar-refractivity contribution in [2.75, 3.05) is 6.61 Å². The normalized spacial score (nSPS) is 10.5. The maximum absolute atomic E-state index is 12.3. The predicted molar refractivity (Wildman–Crippen MR) is 82.5 cm³/mol. The second-order valence-corrected chi connectivity index (χ2v) is 4.97. The Morgan fingerprint density at radius 2 is 2.00 bits per heavy atom. The van der Waals surface area contributed by atoms with Crippen LogP contribution in [0.15, 0.2) is 30.3 Å². The van der Waals surface area contributed by atoms with Crippen molar-refractivity contribution in [3.63, 3.8) is 0 Å². The number of aryl methyl sites for hydroxylation is 1. The highest BCUT2D eigenvalue weighted by Gasteiger charge is 2.18. The zero-order valence-electron chi connectivity index (χ0n) is 12.8. The molecule has 2 rings (SSSR count). The van der Waals surface area contributed by atoms with Gasteiger partial charge in [-0.05, 0) is 32.9 Å². The van der Waals surface area contributed by atoms with E-state index in [2.05, 4.69) is 0 Å². The van der Waals surface area contributed by atoms with Crippen LogP contribution in [0.1, 0.15) is 28.7 Å². The van der Waals surface area contributed by atoms with Crippen molar-refractivity contribution in [2.24, 2.45) is 0 Å². The molecule has 0 aliphatic rings. The number of ketones is 1. The van der Waals surface area contributed by atoms with Crippen LogP contribution in [0.25, 0.3) is 0 Å². The van der Waals surface area contributed by atoms with Crippen molar-refractivity contribution in [2.45, 2.75) is 27.3 Å². The van der Waals surface area contributed by atoms with Crippen LogP contribution in [0, 0.1) is 24.0 Å². The first-order valence-electron chi connectivity index (χ1n) is 7.01. The molecular formula is C16H18N2O4. The van der Waals surface area contributed by atoms with Crippen molar-refractivity contribution in [3.8, 4) is 5.75 Å². The van der Waals surface area contributed by atoms with Crippen LogP contribution in [-0.2, 0) is 6.54 Å². The summed E-state index contributed by atoms with van der Waals surface area (Å²) in [5.41, 5.74) is 2.34. The Morgan fingerprint density at radius 1 is 1.32 bits per heavy atom. The largest absolute Gasteiger partial charge is 0.478 e. The number of ether oxygens (including phenoxy) is 1. The summed E-state index contributed by atoms with van der Waals surface area (Å²) in [6.07, 6.45) is 0. The van der Waals surface area contributed by atoms with Gasteiger partial charge in [0.15, 0.2) is 12.4 Å². The minimum atomic E-state index is -0.525. The molecule has 0 amide bonds. The molecule has 0 N–H and O–H groups in total. The molecule has 1 aromatic carbocycles. The number of hydrogen-bond acceptors (Lipinski definition) is 4. The molecular weight excluding hydrogens is 284 g/mol. The summed E-state index contributed by atoms with van der Waals surface area (Å²) >= 11 is 0. The Hall–Kier alpha value is -2.63. The Bertz CT molecular complexity index is 719. The third-order valence-electron chi connectivity index (χ3n) is 3.61. The van der Waals surface area contributed by atoms with E-state index in [0.29, 0.717) is 5.56 Å². The predicted octanol–water partition coefficient (Wildman–Crippen LogP) is 3.29. The topological polar surface area (TPSA) is 74.4 Å². The highest BCUT2D eigenvalue weighted by Crippen LogP contribution is 2.26. The lowest BCUT2D eigenvalue weighted by Crippen LogP contribution is -2.13. The maximum atomic E-state index is 12.3. The van der Waals surface area contributed by atoms with Crippen LogP contribution in [-0.4, -0.2) is 21.9 Å². The number of nitro benzene ring substituents is 1. The van der Waals surface area contributed by atoms with Gasteiger partial charge in [-0.3, -0.25) is 14.9 Å². The van der Waals surface area contributed by atoms with Crippen LogP contribution in [0.3, 0.4) is 0 Å². The number of aromatic nitrogens is 1. The number of carbonyl (C=O) groups excluding carboxylic acids is 1. The second kappa shape index (κ2) is 6.43. The van der Waals surface area contributed by atoms with Crippen molar-refractivity contribution in [3.05, 3.63) is 57.4 Å². The first-order valence-corrected chi connectivity index (χ1v) is 7.01. The Kier molecular flexibility index (Phi) is 4.60. The molecule has 1 heterocycles. The Morgan fingerprint density at radius 3 is 2.59 bits per heavy atom. The lowest BCUT2D eigenvalue weighted by atomic mass is 10.1. The Labute approximate surface area is 128 Å². The molecule has 22 heavy (non-hydrogen) atoms. The number of nitro groups is 1. The molecule has 0 aliphatic carbocycles. The fourth-order valence-electron chi connectivity index (χ4n) is 2.52. The summed E-state index contributed by atoms with van der Waals surface area (Å²) in [5, 5.41) is 10.9. The zero-order chi connectivity index (χ0) is 16.3. The number of benzene rings is 1. The highest BCUT2D eigenvalue weighted by molar-refractivity contribution is 5.98. The smallest absolute Gasteiger partial charge is 0.310 e. The average Bonchev–Trinajstić information content (AvgIpc) is 2.79. The first-order chi connectivity index (χ1) is 10.5. The van der Waals surface area contributed by atoms with Gasteiger partial charge in [0.05, 0.1) is 4.92 Å². The molecule has 1 aromatic heterocycles. The summed E-state index contributed by atoms with van der Waals surface area (Å²) in [4.78, 5) is 22.7. The number of nitrogens with zero attached hydrogens (tertiary/aromatic N) is 2. The van der Waals surface area contributed by atoms with Crippen molar-refractivity contribution >= 4 is 11.5 Å². The number of rotatable bonds is 6. The van der Waals surface area contributed by atoms with E-state index in [-0.39, 0.29) is 23.8 Å². The van der Waals surface area contributed by atoms with Gasteiger partial charge in [0.2, 0.25) is 5.78 Å². The molecule has 0 saturated heterocycles. The molecule has 0 bridgehead atoms. The van der Waals surface area contributed by atoms with Gasteiger partial charge in [0, 0.05) is 29.6 Å². The molecule has 6 nitrogen and oxygen atoms in total. The summed E-state index contributed by atoms with van der Waals surface area (Å²) in [6, 6.07) is 7.85. The standard InChI is InChI=1S/C16H18N2O4/c1-4-17-11(2)9-13(12(17)3)15(19)10-22-16-8-6-5-7-14(16)18(20)21/h5-9H,4,10H2,1-3H3. The molecule has 0 aliphatic heterocycles. The molecule has 2 aromatic rings. The van der Waals surface area contributed by atoms with E-state index in [0.717, 1.165) is 17.9 Å². The van der Waals surface area contributed by atoms with Gasteiger partial charge in [-0.15, -0.1) is 0 Å². The van der Waals surface area contributed by atoms with E-state index in [1.54, 1.807) is 12.1 Å². The van der Waals surface area contributed by atoms with Crippen molar-refractivity contribution in [1.82, 2.24) is 4.57 Å². The summed E-state index contributed by atoms with van der Waals surface area (Å²) < 4.78 is 7.39. The van der Waals surface area contributed by atoms with E-state index < -0.39 is 4.92 Å². The number of carbonyl (C=O) groups is 1. The van der Waals surface area contributed by atoms with E-state index in [9.17, 15) is 14.9 Å². The molecule has 0 atom stereocenters. The maximum Gasteiger partial charge on any atom is 0.310 e. The van der Waals surface area contributed by atoms with E-state index in [1.165, 1.54) is 12.1 Å². The number of Topliss-reactive ketones (excluding diaryl/α,β-unsaturated/α-hetero) is 1. The van der Waals surface area contributed by atoms with Gasteiger partial charge < -0.3 is 9.30 Å². The van der Waals surface area contributed by atoms with E-state index in [4.69, 9.17) is 4.74 Å². The molecule has 0 radical (unpaired) electrons. The molecule has 0 fully saturated rings. The monoisotopic (exact) mass is 302 g/mol. The quantitative estimate of drug-likeness (QED) is 0.466. The molecule has 0 spiro atoms. The van der Waals surface area contributed by atoms with Gasteiger partial charge in [-0.2, -0.15) is 0 Å². The van der Waals surface area contributed by atoms with E-state index in [1.807, 2.05) is 31.4 Å². The number of para-hydroxylation sites is 2. The summed E-state index contributed by atoms with van der Waals surface area (Å²) in [7, 11) is 0. The van der Waals surface area contributed by atoms with Crippen molar-refractivity contribution in [1.29, 1.82) is 0 Å². The second-order valence-electron chi connectivity index (χ2n) is 4.97. The van der Waals surface area contributed by atoms with E-state index >= 15 is 0 Å². The first kappa shape index (κ1) is 15.8. The lowest BCUT2D eigenvalue weighted by molar-refractivity contribution is -0.385. The SMILES string of the molecule is CCn1c(C)cc(C(=O)COc2ccccc2[N+](=O)[O-])c1C. The van der Waals surface area contributed by atoms with Crippen LogP contribution >= 0.6 is 0 Å². The molecule has 0 unspecified atom stereocenters. The number of hydrogen-bond donors (Lipinski definition) is 0. The minimum Gasteiger partial charge on any atom is -0.478 e. The zero-order valence-corrected chi connectivity index (χ0v) is 12.8.